The van der Waals surface area contributed by atoms with Crippen LogP contribution >= 0.6 is 0 Å². The number of nitrogens with zero attached hydrogens (tertiary/aromatic N) is 3. The van der Waals surface area contributed by atoms with Crippen molar-refractivity contribution in [2.75, 3.05) is 26.7 Å². The Balaban J connectivity index is 1.57. The van der Waals surface area contributed by atoms with Gasteiger partial charge < -0.3 is 29.7 Å². The van der Waals surface area contributed by atoms with Crippen LogP contribution < -0.4 is 14.7 Å². The number of amides is 4. The molecule has 0 spiro atoms. The normalized spacial score (nSPS) is 17.7. The van der Waals surface area contributed by atoms with Gasteiger partial charge >= 0.3 is 30.9 Å². The van der Waals surface area contributed by atoms with Gasteiger partial charge in [0.05, 0.1) is 18.4 Å². The summed E-state index contributed by atoms with van der Waals surface area (Å²) in [6.07, 6.45) is -0.139. The molecule has 2 aliphatic rings. The minimum absolute atomic E-state index is 0.0370. The maximum Gasteiger partial charge on any atom is 0.526 e. The lowest BCUT2D eigenvalue weighted by Crippen LogP contribution is -2.58. The molecule has 13 nitrogen and oxygen atoms in total. The standard InChI is InChI=1S/C25H27BN4O9/c1-3-29-10-11-30(23(33)22(29)32)25(36)28-20(17-8-5-9-19(27-17)38-2)18(31)13-15-12-14-6-4-7-16(24(34)35)21(14)39-26(15)37/h4-9,15,20,37H,3,10-13H2,1-2H3,(H,28,36)(H,34,35)/t15-,20?/m1/s1. The number of ether oxygens (including phenoxy) is 1. The molecule has 1 unspecified atom stereocenters. The Morgan fingerprint density at radius 3 is 2.62 bits per heavy atom. The zero-order valence-corrected chi connectivity index (χ0v) is 21.3. The lowest BCUT2D eigenvalue weighted by atomic mass is 9.64. The van der Waals surface area contributed by atoms with Gasteiger partial charge in [0.15, 0.2) is 5.78 Å². The van der Waals surface area contributed by atoms with Crippen LogP contribution in [-0.2, 0) is 20.8 Å². The smallest absolute Gasteiger partial charge is 0.526 e. The molecule has 1 fully saturated rings. The summed E-state index contributed by atoms with van der Waals surface area (Å²) in [5, 5.41) is 22.5. The minimum atomic E-state index is -1.49. The van der Waals surface area contributed by atoms with Crippen molar-refractivity contribution in [3.8, 4) is 11.6 Å². The average Bonchev–Trinajstić information content (AvgIpc) is 2.93. The van der Waals surface area contributed by atoms with Crippen molar-refractivity contribution < 1.29 is 43.5 Å². The number of hydrogen-bond donors (Lipinski definition) is 3. The molecule has 1 aromatic carbocycles. The molecule has 4 amide bonds. The van der Waals surface area contributed by atoms with Gasteiger partial charge in [-0.25, -0.2) is 14.6 Å². The van der Waals surface area contributed by atoms with Gasteiger partial charge in [-0.05, 0) is 31.0 Å². The first-order chi connectivity index (χ1) is 18.6. The molecule has 0 saturated carbocycles. The van der Waals surface area contributed by atoms with Crippen molar-refractivity contribution in [3.63, 3.8) is 0 Å². The number of hydrogen-bond acceptors (Lipinski definition) is 9. The molecule has 2 aromatic rings. The van der Waals surface area contributed by atoms with E-state index < -0.39 is 48.6 Å². The Labute approximate surface area is 223 Å². The molecule has 0 radical (unpaired) electrons. The Morgan fingerprint density at radius 2 is 1.92 bits per heavy atom. The summed E-state index contributed by atoms with van der Waals surface area (Å²) < 4.78 is 10.6. The van der Waals surface area contributed by atoms with Crippen molar-refractivity contribution >= 4 is 36.7 Å². The fourth-order valence-electron chi connectivity index (χ4n) is 4.60. The van der Waals surface area contributed by atoms with Gasteiger partial charge in [0.2, 0.25) is 5.88 Å². The van der Waals surface area contributed by atoms with Crippen LogP contribution in [0.3, 0.4) is 0 Å². The number of carbonyl (C=O) groups excluding carboxylic acids is 4. The predicted octanol–water partition coefficient (Wildman–Crippen LogP) is 0.675. The van der Waals surface area contributed by atoms with E-state index in [1.807, 2.05) is 0 Å². The number of para-hydroxylation sites is 1. The summed E-state index contributed by atoms with van der Waals surface area (Å²) in [5.41, 5.74) is 0.527. The maximum absolute atomic E-state index is 13.6. The fraction of sp³-hybridized carbons (Fsp3) is 0.360. The maximum atomic E-state index is 13.6. The van der Waals surface area contributed by atoms with Crippen molar-refractivity contribution in [1.29, 1.82) is 0 Å². The first-order valence-corrected chi connectivity index (χ1v) is 12.3. The SMILES string of the molecule is CCN1CCN(C(=O)NC(C(=O)C[C@H]2Cc3cccc(C(=O)O)c3OB2O)c2cccc(OC)n2)C(=O)C1=O. The number of carbonyl (C=O) groups is 5. The number of carboxylic acid groups (broad SMARTS) is 1. The molecule has 1 saturated heterocycles. The van der Waals surface area contributed by atoms with Gasteiger partial charge in [-0.3, -0.25) is 19.3 Å². The van der Waals surface area contributed by atoms with Gasteiger partial charge in [0, 0.05) is 37.9 Å². The minimum Gasteiger partial charge on any atom is -0.535 e. The molecule has 14 heteroatoms. The number of nitrogens with one attached hydrogen (secondary N) is 1. The molecule has 2 aliphatic heterocycles. The van der Waals surface area contributed by atoms with E-state index in [4.69, 9.17) is 9.39 Å². The number of ketones is 1. The molecule has 204 valence electrons. The summed E-state index contributed by atoms with van der Waals surface area (Å²) in [6.45, 7) is 2.15. The number of benzene rings is 1. The summed E-state index contributed by atoms with van der Waals surface area (Å²) in [4.78, 5) is 69.3. The molecular weight excluding hydrogens is 511 g/mol. The fourth-order valence-corrected chi connectivity index (χ4v) is 4.60. The van der Waals surface area contributed by atoms with Crippen LogP contribution in [0.4, 0.5) is 4.79 Å². The van der Waals surface area contributed by atoms with Crippen molar-refractivity contribution in [3.05, 3.63) is 53.2 Å². The van der Waals surface area contributed by atoms with E-state index in [1.165, 1.54) is 24.1 Å². The number of aromatic nitrogens is 1. The van der Waals surface area contributed by atoms with E-state index in [1.54, 1.807) is 31.2 Å². The molecule has 1 aromatic heterocycles. The molecule has 2 atom stereocenters. The number of Topliss-reactive ketones (excluding diaryl/α,β-unsaturated/α-hetero) is 1. The van der Waals surface area contributed by atoms with Gasteiger partial charge in [-0.15, -0.1) is 0 Å². The molecule has 4 rings (SSSR count). The van der Waals surface area contributed by atoms with Crippen LogP contribution in [-0.4, -0.2) is 88.4 Å². The highest BCUT2D eigenvalue weighted by molar-refractivity contribution is 6.47. The van der Waals surface area contributed by atoms with E-state index in [0.29, 0.717) is 12.1 Å². The Hall–Kier alpha value is -4.46. The number of fused-ring (bicyclic) bond motifs is 1. The van der Waals surface area contributed by atoms with E-state index in [-0.39, 0.29) is 48.8 Å². The summed E-state index contributed by atoms with van der Waals surface area (Å²) in [7, 11) is -0.102. The number of imide groups is 1. The summed E-state index contributed by atoms with van der Waals surface area (Å²) in [6, 6.07) is 6.87. The van der Waals surface area contributed by atoms with Crippen LogP contribution in [0.25, 0.3) is 0 Å². The molecule has 0 aliphatic carbocycles. The van der Waals surface area contributed by atoms with Crippen LogP contribution in [0.5, 0.6) is 11.6 Å². The third-order valence-corrected chi connectivity index (χ3v) is 6.69. The number of urea groups is 1. The quantitative estimate of drug-likeness (QED) is 0.320. The third-order valence-electron chi connectivity index (χ3n) is 6.69. The molecular formula is C25H27BN4O9. The number of methoxy groups -OCH3 is 1. The van der Waals surface area contributed by atoms with Gasteiger partial charge in [-0.1, -0.05) is 18.2 Å². The molecule has 39 heavy (non-hydrogen) atoms. The van der Waals surface area contributed by atoms with Crippen molar-refractivity contribution in [2.24, 2.45) is 0 Å². The number of rotatable bonds is 8. The van der Waals surface area contributed by atoms with E-state index in [0.717, 1.165) is 4.90 Å². The highest BCUT2D eigenvalue weighted by atomic mass is 16.5. The first-order valence-electron chi connectivity index (χ1n) is 12.3. The predicted molar refractivity (Wildman–Crippen MR) is 135 cm³/mol. The Morgan fingerprint density at radius 1 is 1.18 bits per heavy atom. The topological polar surface area (TPSA) is 176 Å². The van der Waals surface area contributed by atoms with E-state index >= 15 is 0 Å². The zero-order valence-electron chi connectivity index (χ0n) is 21.3. The van der Waals surface area contributed by atoms with E-state index in [9.17, 15) is 34.1 Å². The summed E-state index contributed by atoms with van der Waals surface area (Å²) in [5.74, 6) is -4.15. The Bertz CT molecular complexity index is 1320. The number of carboxylic acids is 1. The summed E-state index contributed by atoms with van der Waals surface area (Å²) >= 11 is 0. The van der Waals surface area contributed by atoms with Crippen LogP contribution in [0, 0.1) is 0 Å². The Kier molecular flexibility index (Phi) is 8.14. The lowest BCUT2D eigenvalue weighted by Gasteiger charge is -2.33. The second kappa shape index (κ2) is 11.5. The second-order valence-electron chi connectivity index (χ2n) is 9.07. The molecule has 3 N–H and O–H groups in total. The van der Waals surface area contributed by atoms with Crippen LogP contribution in [0.15, 0.2) is 36.4 Å². The van der Waals surface area contributed by atoms with E-state index in [2.05, 4.69) is 10.3 Å². The second-order valence-corrected chi connectivity index (χ2v) is 9.07. The highest BCUT2D eigenvalue weighted by Gasteiger charge is 2.41. The van der Waals surface area contributed by atoms with Gasteiger partial charge in [0.1, 0.15) is 11.8 Å². The van der Waals surface area contributed by atoms with Gasteiger partial charge in [-0.2, -0.15) is 0 Å². The lowest BCUT2D eigenvalue weighted by molar-refractivity contribution is -0.153. The zero-order chi connectivity index (χ0) is 28.3. The largest absolute Gasteiger partial charge is 0.535 e. The van der Waals surface area contributed by atoms with Gasteiger partial charge in [0.25, 0.3) is 0 Å². The van der Waals surface area contributed by atoms with Crippen LogP contribution in [0.2, 0.25) is 5.82 Å². The van der Waals surface area contributed by atoms with Crippen molar-refractivity contribution in [1.82, 2.24) is 20.1 Å². The molecule has 0 bridgehead atoms. The average molecular weight is 538 g/mol. The number of likely N-dealkylation sites (N-methyl/N-ethyl adjacent to an activating group) is 1. The van der Waals surface area contributed by atoms with Crippen LogP contribution in [0.1, 0.15) is 41.0 Å². The third kappa shape index (κ3) is 5.70. The van der Waals surface area contributed by atoms with Crippen molar-refractivity contribution in [2.45, 2.75) is 31.6 Å². The highest BCUT2D eigenvalue weighted by Crippen LogP contribution is 2.37. The number of aromatic carboxylic acids is 1. The number of pyridine rings is 1. The monoisotopic (exact) mass is 538 g/mol. The number of piperazine rings is 1. The first kappa shape index (κ1) is 27.6. The molecule has 3 heterocycles.